The van der Waals surface area contributed by atoms with Crippen molar-refractivity contribution in [3.8, 4) is 11.8 Å². The number of aliphatic hydroxyl groups excluding tert-OH is 1. The van der Waals surface area contributed by atoms with Crippen molar-refractivity contribution in [2.24, 2.45) is 16.6 Å². The van der Waals surface area contributed by atoms with Crippen LogP contribution in [0.5, 0.6) is 0 Å². The Labute approximate surface area is 222 Å². The van der Waals surface area contributed by atoms with Gasteiger partial charge in [0, 0.05) is 13.3 Å². The number of rotatable bonds is 17. The Morgan fingerprint density at radius 3 is 2.30 bits per heavy atom. The van der Waals surface area contributed by atoms with Crippen LogP contribution < -0.4 is 11.1 Å². The molecule has 206 valence electrons. The third-order valence-electron chi connectivity index (χ3n) is 5.81. The molecule has 0 bridgehead atoms. The summed E-state index contributed by atoms with van der Waals surface area (Å²) in [7, 11) is 0. The van der Waals surface area contributed by atoms with Gasteiger partial charge in [-0.1, -0.05) is 101 Å². The van der Waals surface area contributed by atoms with Gasteiger partial charge >= 0.3 is 12.1 Å². The van der Waals surface area contributed by atoms with Gasteiger partial charge < -0.3 is 20.3 Å². The minimum atomic E-state index is -0.699. The molecule has 37 heavy (non-hydrogen) atoms. The predicted molar refractivity (Wildman–Crippen MR) is 147 cm³/mol. The Kier molecular flexibility index (Phi) is 18.2. The highest BCUT2D eigenvalue weighted by Crippen LogP contribution is 2.18. The molecule has 0 aliphatic carbocycles. The van der Waals surface area contributed by atoms with Gasteiger partial charge in [0.2, 0.25) is 0 Å². The highest BCUT2D eigenvalue weighted by molar-refractivity contribution is 5.92. The van der Waals surface area contributed by atoms with Crippen molar-refractivity contribution in [3.05, 3.63) is 35.9 Å². The second-order valence-electron chi connectivity index (χ2n) is 9.09. The molecule has 0 fully saturated rings. The molecule has 2 atom stereocenters. The summed E-state index contributed by atoms with van der Waals surface area (Å²) in [5.41, 5.74) is 6.90. The number of unbranched alkanes of at least 4 members (excludes halogenated alkanes) is 8. The van der Waals surface area contributed by atoms with Crippen molar-refractivity contribution in [2.45, 2.75) is 97.1 Å². The minimum Gasteiger partial charge on any atom is -0.464 e. The fraction of sp³-hybridized carbons (Fsp3) is 0.621. The molecular weight excluding hydrogens is 470 g/mol. The van der Waals surface area contributed by atoms with E-state index in [4.69, 9.17) is 20.3 Å². The summed E-state index contributed by atoms with van der Waals surface area (Å²) in [4.78, 5) is 28.2. The molecule has 8 heteroatoms. The van der Waals surface area contributed by atoms with Crippen LogP contribution in [0.2, 0.25) is 0 Å². The smallest absolute Gasteiger partial charge is 0.414 e. The fourth-order valence-corrected chi connectivity index (χ4v) is 3.81. The number of ether oxygens (including phenoxy) is 2. The number of alkyl carbamates (subject to hydrolysis) is 1. The number of carbonyl (C=O) groups excluding carboxylic acids is 2. The number of aliphatic imine (C=N–C) groups is 1. The maximum atomic E-state index is 12.2. The topological polar surface area (TPSA) is 123 Å². The van der Waals surface area contributed by atoms with Crippen LogP contribution in [0.4, 0.5) is 4.79 Å². The SMILES string of the molecule is CCCCCCCCCCC[C@H](N=C(N)NC(=O)OCc1ccccc1)[C@H](C#CCCO)COC(C)=O. The summed E-state index contributed by atoms with van der Waals surface area (Å²) in [6.07, 6.45) is 11.0. The molecule has 0 spiro atoms. The maximum absolute atomic E-state index is 12.2. The number of aliphatic hydroxyl groups is 1. The van der Waals surface area contributed by atoms with E-state index in [1.165, 1.54) is 45.4 Å². The molecular formula is C29H45N3O5. The van der Waals surface area contributed by atoms with Crippen LogP contribution in [-0.2, 0) is 20.9 Å². The van der Waals surface area contributed by atoms with Crippen LogP contribution in [-0.4, -0.2) is 42.4 Å². The number of benzene rings is 1. The number of hydrogen-bond donors (Lipinski definition) is 3. The van der Waals surface area contributed by atoms with Crippen molar-refractivity contribution in [3.63, 3.8) is 0 Å². The van der Waals surface area contributed by atoms with Gasteiger partial charge in [0.1, 0.15) is 13.2 Å². The lowest BCUT2D eigenvalue weighted by Crippen LogP contribution is -2.39. The van der Waals surface area contributed by atoms with Crippen molar-refractivity contribution in [1.82, 2.24) is 5.32 Å². The van der Waals surface area contributed by atoms with Crippen molar-refractivity contribution < 1.29 is 24.2 Å². The summed E-state index contributed by atoms with van der Waals surface area (Å²) >= 11 is 0. The standard InChI is InChI=1S/C29H45N3O5/c1-3-4-5-6-7-8-9-10-14-20-27(26(19-15-16-21-33)23-36-24(2)34)31-28(30)32-29(35)37-22-25-17-12-11-13-18-25/h11-13,17-18,26-27,33H,3-10,14,16,20-23H2,1-2H3,(H3,30,31,32,35)/t26-,27+/m1/s1. The van der Waals surface area contributed by atoms with Crippen LogP contribution in [0.25, 0.3) is 0 Å². The van der Waals surface area contributed by atoms with E-state index >= 15 is 0 Å². The molecule has 0 aromatic heterocycles. The van der Waals surface area contributed by atoms with Gasteiger partial charge in [0.25, 0.3) is 0 Å². The van der Waals surface area contributed by atoms with Crippen LogP contribution in [0.15, 0.2) is 35.3 Å². The van der Waals surface area contributed by atoms with E-state index in [1.54, 1.807) is 0 Å². The number of guanidine groups is 1. The fourth-order valence-electron chi connectivity index (χ4n) is 3.81. The lowest BCUT2D eigenvalue weighted by Gasteiger charge is -2.20. The minimum absolute atomic E-state index is 0.0591. The summed E-state index contributed by atoms with van der Waals surface area (Å²) in [6, 6.07) is 8.95. The Bertz CT molecular complexity index is 848. The zero-order chi connectivity index (χ0) is 27.1. The number of amides is 1. The summed E-state index contributed by atoms with van der Waals surface area (Å²) in [6.45, 7) is 3.68. The normalized spacial score (nSPS) is 12.7. The van der Waals surface area contributed by atoms with Crippen molar-refractivity contribution >= 4 is 18.0 Å². The molecule has 4 N–H and O–H groups in total. The number of esters is 1. The van der Waals surface area contributed by atoms with Crippen molar-refractivity contribution in [2.75, 3.05) is 13.2 Å². The van der Waals surface area contributed by atoms with Crippen LogP contribution >= 0.6 is 0 Å². The number of hydrogen-bond acceptors (Lipinski definition) is 6. The van der Waals surface area contributed by atoms with E-state index in [-0.39, 0.29) is 31.8 Å². The second-order valence-corrected chi connectivity index (χ2v) is 9.09. The molecule has 1 amide bonds. The summed E-state index contributed by atoms with van der Waals surface area (Å²) < 4.78 is 10.5. The third kappa shape index (κ3) is 17.1. The van der Waals surface area contributed by atoms with Gasteiger partial charge in [0.05, 0.1) is 18.6 Å². The zero-order valence-corrected chi connectivity index (χ0v) is 22.5. The maximum Gasteiger partial charge on any atom is 0.414 e. The number of nitrogens with zero attached hydrogens (tertiary/aromatic N) is 1. The van der Waals surface area contributed by atoms with Gasteiger partial charge in [-0.3, -0.25) is 10.1 Å². The first-order valence-electron chi connectivity index (χ1n) is 13.5. The molecule has 0 aliphatic heterocycles. The molecule has 0 aliphatic rings. The molecule has 1 aromatic carbocycles. The van der Waals surface area contributed by atoms with E-state index in [1.807, 2.05) is 30.3 Å². The quantitative estimate of drug-likeness (QED) is 0.0874. The first-order chi connectivity index (χ1) is 18.0. The molecule has 0 unspecified atom stereocenters. The van der Waals surface area contributed by atoms with Crippen LogP contribution in [0, 0.1) is 17.8 Å². The van der Waals surface area contributed by atoms with Crippen LogP contribution in [0.3, 0.4) is 0 Å². The van der Waals surface area contributed by atoms with E-state index < -0.39 is 18.0 Å². The van der Waals surface area contributed by atoms with E-state index in [0.29, 0.717) is 12.8 Å². The van der Waals surface area contributed by atoms with E-state index in [2.05, 4.69) is 29.1 Å². The molecule has 1 rings (SSSR count). The Morgan fingerprint density at radius 1 is 1.03 bits per heavy atom. The van der Waals surface area contributed by atoms with Gasteiger partial charge in [-0.25, -0.2) is 9.79 Å². The molecule has 0 saturated carbocycles. The first kappa shape index (κ1) is 32.0. The number of nitrogens with two attached hydrogens (primary N) is 1. The monoisotopic (exact) mass is 515 g/mol. The average molecular weight is 516 g/mol. The van der Waals surface area contributed by atoms with E-state index in [0.717, 1.165) is 24.8 Å². The highest BCUT2D eigenvalue weighted by Gasteiger charge is 2.21. The highest BCUT2D eigenvalue weighted by atomic mass is 16.5. The van der Waals surface area contributed by atoms with Gasteiger partial charge in [-0.05, 0) is 12.0 Å². The average Bonchev–Trinajstić information content (AvgIpc) is 2.88. The number of nitrogens with one attached hydrogen (secondary N) is 1. The largest absolute Gasteiger partial charge is 0.464 e. The van der Waals surface area contributed by atoms with E-state index in [9.17, 15) is 9.59 Å². The molecule has 0 heterocycles. The van der Waals surface area contributed by atoms with Gasteiger partial charge in [0.15, 0.2) is 5.96 Å². The summed E-state index contributed by atoms with van der Waals surface area (Å²) in [5, 5.41) is 11.6. The molecule has 8 nitrogen and oxygen atoms in total. The third-order valence-corrected chi connectivity index (χ3v) is 5.81. The molecule has 0 saturated heterocycles. The molecule has 1 aromatic rings. The van der Waals surface area contributed by atoms with Crippen molar-refractivity contribution in [1.29, 1.82) is 0 Å². The van der Waals surface area contributed by atoms with Crippen LogP contribution in [0.1, 0.15) is 90.0 Å². The summed E-state index contributed by atoms with van der Waals surface area (Å²) in [5.74, 6) is 5.09. The second kappa shape index (κ2) is 21.1. The zero-order valence-electron chi connectivity index (χ0n) is 22.5. The van der Waals surface area contributed by atoms with Gasteiger partial charge in [-0.15, -0.1) is 5.92 Å². The number of carbonyl (C=O) groups is 2. The Balaban J connectivity index is 2.74. The lowest BCUT2D eigenvalue weighted by molar-refractivity contribution is -0.141. The lowest BCUT2D eigenvalue weighted by atomic mass is 9.95. The predicted octanol–water partition coefficient (Wildman–Crippen LogP) is 5.08. The molecule has 0 radical (unpaired) electrons. The Morgan fingerprint density at radius 2 is 1.68 bits per heavy atom. The Hall–Kier alpha value is -3.05. The van der Waals surface area contributed by atoms with Gasteiger partial charge in [-0.2, -0.15) is 0 Å². The first-order valence-corrected chi connectivity index (χ1v) is 13.5.